The maximum Gasteiger partial charge on any atom is 0.391 e. The molecular weight excluding hydrogens is 295 g/mol. The second kappa shape index (κ2) is 5.95. The standard InChI is InChI=1S/C15H22F3N3O/c1-14(2,19)11-8-12(20-13(9-11)22-3)21-6-4-10(5-7-21)15(16,17)18/h8-10H,4-7,19H2,1-3H3. The normalized spacial score (nSPS) is 17.7. The summed E-state index contributed by atoms with van der Waals surface area (Å²) in [4.78, 5) is 6.20. The molecule has 0 amide bonds. The molecule has 2 heterocycles. The van der Waals surface area contributed by atoms with Crippen LogP contribution in [0.25, 0.3) is 0 Å². The van der Waals surface area contributed by atoms with Crippen LogP contribution in [0.2, 0.25) is 0 Å². The van der Waals surface area contributed by atoms with Crippen molar-refractivity contribution in [3.63, 3.8) is 0 Å². The van der Waals surface area contributed by atoms with Gasteiger partial charge in [0, 0.05) is 24.7 Å². The molecule has 4 nitrogen and oxygen atoms in total. The molecule has 0 radical (unpaired) electrons. The number of halogens is 3. The van der Waals surface area contributed by atoms with E-state index in [-0.39, 0.29) is 12.8 Å². The number of pyridine rings is 1. The third kappa shape index (κ3) is 3.82. The van der Waals surface area contributed by atoms with Gasteiger partial charge in [-0.2, -0.15) is 18.2 Å². The molecule has 1 aliphatic rings. The van der Waals surface area contributed by atoms with E-state index < -0.39 is 17.6 Å². The zero-order chi connectivity index (χ0) is 16.5. The fraction of sp³-hybridized carbons (Fsp3) is 0.667. The van der Waals surface area contributed by atoms with Crippen LogP contribution in [0.4, 0.5) is 19.0 Å². The number of alkyl halides is 3. The van der Waals surface area contributed by atoms with Gasteiger partial charge in [-0.25, -0.2) is 0 Å². The first kappa shape index (κ1) is 16.9. The maximum absolute atomic E-state index is 12.7. The summed E-state index contributed by atoms with van der Waals surface area (Å²) in [6, 6.07) is 3.59. The second-order valence-electron chi connectivity index (χ2n) is 6.28. The third-order valence-electron chi connectivity index (χ3n) is 4.02. The SMILES string of the molecule is COc1cc(C(C)(C)N)cc(N2CCC(C(F)(F)F)CC2)n1. The van der Waals surface area contributed by atoms with E-state index in [0.717, 1.165) is 5.56 Å². The minimum atomic E-state index is -4.11. The van der Waals surface area contributed by atoms with E-state index in [9.17, 15) is 13.2 Å². The van der Waals surface area contributed by atoms with Crippen LogP contribution in [-0.4, -0.2) is 31.4 Å². The van der Waals surface area contributed by atoms with Gasteiger partial charge >= 0.3 is 6.18 Å². The number of hydrogen-bond donors (Lipinski definition) is 1. The molecule has 22 heavy (non-hydrogen) atoms. The van der Waals surface area contributed by atoms with E-state index in [1.165, 1.54) is 7.11 Å². The molecule has 0 aromatic carbocycles. The van der Waals surface area contributed by atoms with Crippen molar-refractivity contribution in [3.05, 3.63) is 17.7 Å². The Morgan fingerprint density at radius 2 is 1.82 bits per heavy atom. The first-order valence-electron chi connectivity index (χ1n) is 7.28. The molecule has 0 unspecified atom stereocenters. The van der Waals surface area contributed by atoms with E-state index in [1.807, 2.05) is 24.8 Å². The Balaban J connectivity index is 2.20. The second-order valence-corrected chi connectivity index (χ2v) is 6.28. The summed E-state index contributed by atoms with van der Waals surface area (Å²) in [5, 5.41) is 0. The Hall–Kier alpha value is -1.50. The van der Waals surface area contributed by atoms with E-state index >= 15 is 0 Å². The average Bonchev–Trinajstić information content (AvgIpc) is 2.45. The van der Waals surface area contributed by atoms with Crippen LogP contribution >= 0.6 is 0 Å². The summed E-state index contributed by atoms with van der Waals surface area (Å²) in [5.74, 6) is -0.183. The number of aromatic nitrogens is 1. The fourth-order valence-electron chi connectivity index (χ4n) is 2.57. The number of piperidine rings is 1. The Kier molecular flexibility index (Phi) is 4.56. The largest absolute Gasteiger partial charge is 0.481 e. The van der Waals surface area contributed by atoms with Crippen molar-refractivity contribution in [3.8, 4) is 5.88 Å². The predicted octanol–water partition coefficient (Wildman–Crippen LogP) is 3.06. The van der Waals surface area contributed by atoms with Crippen molar-refractivity contribution in [1.29, 1.82) is 0 Å². The number of nitrogens with zero attached hydrogens (tertiary/aromatic N) is 2. The molecule has 124 valence electrons. The van der Waals surface area contributed by atoms with E-state index in [1.54, 1.807) is 6.07 Å². The molecule has 0 spiro atoms. The topological polar surface area (TPSA) is 51.4 Å². The lowest BCUT2D eigenvalue weighted by molar-refractivity contribution is -0.179. The van der Waals surface area contributed by atoms with Gasteiger partial charge in [-0.05, 0) is 38.3 Å². The van der Waals surface area contributed by atoms with Gasteiger partial charge in [-0.1, -0.05) is 0 Å². The molecule has 0 atom stereocenters. The lowest BCUT2D eigenvalue weighted by atomic mass is 9.94. The highest BCUT2D eigenvalue weighted by Gasteiger charge is 2.41. The average molecular weight is 317 g/mol. The summed E-state index contributed by atoms with van der Waals surface area (Å²) < 4.78 is 43.4. The summed E-state index contributed by atoms with van der Waals surface area (Å²) in [6.45, 7) is 4.38. The molecule has 1 fully saturated rings. The molecule has 0 bridgehead atoms. The maximum atomic E-state index is 12.7. The van der Waals surface area contributed by atoms with Gasteiger partial charge in [-0.15, -0.1) is 0 Å². The van der Waals surface area contributed by atoms with Gasteiger partial charge in [0.2, 0.25) is 5.88 Å². The number of hydrogen-bond acceptors (Lipinski definition) is 4. The molecule has 0 aliphatic carbocycles. The van der Waals surface area contributed by atoms with Crippen LogP contribution in [0, 0.1) is 5.92 Å². The summed E-state index contributed by atoms with van der Waals surface area (Å²) >= 11 is 0. The number of ether oxygens (including phenoxy) is 1. The quantitative estimate of drug-likeness (QED) is 0.931. The number of nitrogens with two attached hydrogens (primary N) is 1. The zero-order valence-electron chi connectivity index (χ0n) is 13.1. The molecule has 2 N–H and O–H groups in total. The van der Waals surface area contributed by atoms with Crippen molar-refractivity contribution in [2.75, 3.05) is 25.1 Å². The molecule has 1 saturated heterocycles. The number of anilines is 1. The van der Waals surface area contributed by atoms with Gasteiger partial charge < -0.3 is 15.4 Å². The Morgan fingerprint density at radius 3 is 2.27 bits per heavy atom. The smallest absolute Gasteiger partial charge is 0.391 e. The van der Waals surface area contributed by atoms with Crippen LogP contribution in [0.5, 0.6) is 5.88 Å². The first-order chi connectivity index (χ1) is 10.1. The van der Waals surface area contributed by atoms with Crippen LogP contribution in [-0.2, 0) is 5.54 Å². The van der Waals surface area contributed by atoms with Crippen LogP contribution in [0.3, 0.4) is 0 Å². The van der Waals surface area contributed by atoms with Crippen molar-refractivity contribution in [2.24, 2.45) is 11.7 Å². The van der Waals surface area contributed by atoms with Crippen molar-refractivity contribution in [2.45, 2.75) is 38.4 Å². The zero-order valence-corrected chi connectivity index (χ0v) is 13.1. The summed E-state index contributed by atoms with van der Waals surface area (Å²) in [7, 11) is 1.51. The molecule has 0 saturated carbocycles. The summed E-state index contributed by atoms with van der Waals surface area (Å²) in [5.41, 5.74) is 6.37. The van der Waals surface area contributed by atoms with E-state index in [4.69, 9.17) is 10.5 Å². The van der Waals surface area contributed by atoms with Gasteiger partial charge in [0.1, 0.15) is 5.82 Å². The first-order valence-corrected chi connectivity index (χ1v) is 7.28. The Morgan fingerprint density at radius 1 is 1.23 bits per heavy atom. The van der Waals surface area contributed by atoms with E-state index in [0.29, 0.717) is 24.8 Å². The third-order valence-corrected chi connectivity index (χ3v) is 4.02. The van der Waals surface area contributed by atoms with Gasteiger partial charge in [0.05, 0.1) is 13.0 Å². The van der Waals surface area contributed by atoms with E-state index in [2.05, 4.69) is 4.98 Å². The summed E-state index contributed by atoms with van der Waals surface area (Å²) in [6.07, 6.45) is -3.94. The molecule has 1 aromatic heterocycles. The molecule has 1 aromatic rings. The van der Waals surface area contributed by atoms with Crippen molar-refractivity contribution >= 4 is 5.82 Å². The molecule has 1 aliphatic heterocycles. The lowest BCUT2D eigenvalue weighted by Gasteiger charge is -2.34. The monoisotopic (exact) mass is 317 g/mol. The van der Waals surface area contributed by atoms with Crippen molar-refractivity contribution in [1.82, 2.24) is 4.98 Å². The predicted molar refractivity (Wildman–Crippen MR) is 79.0 cm³/mol. The van der Waals surface area contributed by atoms with Crippen LogP contribution in [0.1, 0.15) is 32.3 Å². The molecule has 2 rings (SSSR count). The van der Waals surface area contributed by atoms with Crippen molar-refractivity contribution < 1.29 is 17.9 Å². The van der Waals surface area contributed by atoms with Gasteiger partial charge in [-0.3, -0.25) is 0 Å². The molecule has 7 heteroatoms. The van der Waals surface area contributed by atoms with Crippen LogP contribution < -0.4 is 15.4 Å². The Bertz CT molecular complexity index is 518. The number of methoxy groups -OCH3 is 1. The highest BCUT2D eigenvalue weighted by Crippen LogP contribution is 2.36. The highest BCUT2D eigenvalue weighted by molar-refractivity contribution is 5.46. The lowest BCUT2D eigenvalue weighted by Crippen LogP contribution is -2.39. The highest BCUT2D eigenvalue weighted by atomic mass is 19.4. The molecular formula is C15H22F3N3O. The Labute approximate surface area is 128 Å². The minimum Gasteiger partial charge on any atom is -0.481 e. The fourth-order valence-corrected chi connectivity index (χ4v) is 2.57. The van der Waals surface area contributed by atoms with Crippen LogP contribution in [0.15, 0.2) is 12.1 Å². The van der Waals surface area contributed by atoms with Gasteiger partial charge in [0.25, 0.3) is 0 Å². The minimum absolute atomic E-state index is 0.0870. The number of rotatable bonds is 3. The van der Waals surface area contributed by atoms with Gasteiger partial charge in [0.15, 0.2) is 0 Å².